The molecule has 0 atom stereocenters. The molecule has 0 unspecified atom stereocenters. The van der Waals surface area contributed by atoms with Crippen molar-refractivity contribution in [3.63, 3.8) is 0 Å². The fourth-order valence-electron chi connectivity index (χ4n) is 1.42. The topological polar surface area (TPSA) is 88.3 Å². The van der Waals surface area contributed by atoms with Crippen LogP contribution in [-0.2, 0) is 16.1 Å². The number of nitrogens with zero attached hydrogens (tertiary/aromatic N) is 2. The van der Waals surface area contributed by atoms with Crippen molar-refractivity contribution in [3.8, 4) is 0 Å². The van der Waals surface area contributed by atoms with E-state index in [1.807, 2.05) is 12.3 Å². The number of anilines is 1. The Balaban J connectivity index is 2.47. The summed E-state index contributed by atoms with van der Waals surface area (Å²) >= 11 is 1.44. The molecule has 2 amide bonds. The lowest BCUT2D eigenvalue weighted by molar-refractivity contribution is -0.118. The summed E-state index contributed by atoms with van der Waals surface area (Å²) in [5, 5.41) is 5.68. The van der Waals surface area contributed by atoms with Crippen molar-refractivity contribution < 1.29 is 9.59 Å². The summed E-state index contributed by atoms with van der Waals surface area (Å²) in [7, 11) is 0. The van der Waals surface area contributed by atoms with Crippen LogP contribution in [0.4, 0.5) is 5.13 Å². The molecular weight excluding hydrogens is 252 g/mol. The molecule has 0 aliphatic heterocycles. The molecule has 6 nitrogen and oxygen atoms in total. The molecule has 100 valence electrons. The Bertz CT molecular complexity index is 419. The van der Waals surface area contributed by atoms with Gasteiger partial charge in [-0.05, 0) is 6.92 Å². The minimum atomic E-state index is -0.324. The van der Waals surface area contributed by atoms with Gasteiger partial charge >= 0.3 is 0 Å². The third-order valence-electron chi connectivity index (χ3n) is 2.32. The molecule has 18 heavy (non-hydrogen) atoms. The molecule has 0 saturated carbocycles. The van der Waals surface area contributed by atoms with E-state index < -0.39 is 0 Å². The summed E-state index contributed by atoms with van der Waals surface area (Å²) < 4.78 is 0. The van der Waals surface area contributed by atoms with Crippen molar-refractivity contribution in [2.24, 2.45) is 5.73 Å². The van der Waals surface area contributed by atoms with Crippen LogP contribution in [0.5, 0.6) is 0 Å². The van der Waals surface area contributed by atoms with Crippen LogP contribution in [0.25, 0.3) is 0 Å². The number of rotatable bonds is 7. The van der Waals surface area contributed by atoms with Crippen LogP contribution in [0.3, 0.4) is 0 Å². The predicted molar refractivity (Wildman–Crippen MR) is 71.3 cm³/mol. The molecule has 3 N–H and O–H groups in total. The van der Waals surface area contributed by atoms with Crippen LogP contribution in [0.2, 0.25) is 0 Å². The lowest BCUT2D eigenvalue weighted by Gasteiger charge is -2.14. The lowest BCUT2D eigenvalue weighted by atomic mass is 10.4. The van der Waals surface area contributed by atoms with Gasteiger partial charge in [0.25, 0.3) is 0 Å². The molecule has 0 saturated heterocycles. The zero-order valence-electron chi connectivity index (χ0n) is 10.6. The van der Waals surface area contributed by atoms with Crippen molar-refractivity contribution in [1.29, 1.82) is 0 Å². The molecule has 1 aromatic heterocycles. The summed E-state index contributed by atoms with van der Waals surface area (Å²) in [5.41, 5.74) is 5.89. The van der Waals surface area contributed by atoms with E-state index in [1.165, 1.54) is 18.3 Å². The Morgan fingerprint density at radius 1 is 1.56 bits per heavy atom. The number of aromatic nitrogens is 1. The first-order chi connectivity index (χ1) is 8.54. The second-order valence-electron chi connectivity index (χ2n) is 3.78. The van der Waals surface area contributed by atoms with Gasteiger partial charge in [-0.2, -0.15) is 0 Å². The van der Waals surface area contributed by atoms with Crippen molar-refractivity contribution >= 4 is 28.3 Å². The van der Waals surface area contributed by atoms with Crippen LogP contribution in [0.15, 0.2) is 5.38 Å². The number of nitrogens with two attached hydrogens (primary N) is 1. The fraction of sp³-hybridized carbons (Fsp3) is 0.545. The second kappa shape index (κ2) is 7.07. The summed E-state index contributed by atoms with van der Waals surface area (Å²) in [6.07, 6.45) is 0.311. The van der Waals surface area contributed by atoms with E-state index >= 15 is 0 Å². The maximum absolute atomic E-state index is 11.3. The Labute approximate surface area is 110 Å². The zero-order chi connectivity index (χ0) is 13.5. The third kappa shape index (κ3) is 4.42. The Kier molecular flexibility index (Phi) is 5.73. The predicted octanol–water partition coefficient (Wildman–Crippen LogP) is 0.481. The van der Waals surface area contributed by atoms with Crippen LogP contribution < -0.4 is 16.0 Å². The smallest absolute Gasteiger partial charge is 0.225 e. The Hall–Kier alpha value is -1.47. The first-order valence-electron chi connectivity index (χ1n) is 5.76. The molecule has 1 rings (SSSR count). The van der Waals surface area contributed by atoms with Gasteiger partial charge in [0.2, 0.25) is 11.8 Å². The van der Waals surface area contributed by atoms with Gasteiger partial charge in [0.05, 0.1) is 5.69 Å². The average Bonchev–Trinajstić information content (AvgIpc) is 2.73. The molecule has 0 fully saturated rings. The van der Waals surface area contributed by atoms with Gasteiger partial charge in [-0.1, -0.05) is 0 Å². The largest absolute Gasteiger partial charge is 0.370 e. The van der Waals surface area contributed by atoms with Crippen LogP contribution in [0, 0.1) is 0 Å². The van der Waals surface area contributed by atoms with Crippen LogP contribution in [-0.4, -0.2) is 29.9 Å². The highest BCUT2D eigenvalue weighted by atomic mass is 32.1. The number of thiazole rings is 1. The molecule has 1 aromatic rings. The highest BCUT2D eigenvalue weighted by Gasteiger charge is 2.12. The number of hydrogen-bond acceptors (Lipinski definition) is 5. The minimum Gasteiger partial charge on any atom is -0.370 e. The van der Waals surface area contributed by atoms with Gasteiger partial charge in [-0.3, -0.25) is 14.5 Å². The van der Waals surface area contributed by atoms with E-state index in [0.717, 1.165) is 5.69 Å². The first-order valence-corrected chi connectivity index (χ1v) is 6.64. The van der Waals surface area contributed by atoms with Crippen molar-refractivity contribution in [2.75, 3.05) is 18.0 Å². The summed E-state index contributed by atoms with van der Waals surface area (Å²) in [4.78, 5) is 27.9. The summed E-state index contributed by atoms with van der Waals surface area (Å²) in [6, 6.07) is 0. The quantitative estimate of drug-likeness (QED) is 0.705. The standard InChI is InChI=1S/C11H18N4O2S/c1-3-15(8(2)16)11-14-9(7-18-11)6-13-5-4-10(12)17/h7,13H,3-6H2,1-2H3,(H2,12,17). The first kappa shape index (κ1) is 14.6. The highest BCUT2D eigenvalue weighted by Crippen LogP contribution is 2.20. The molecule has 7 heteroatoms. The number of carbonyl (C=O) groups is 2. The molecule has 0 spiro atoms. The zero-order valence-corrected chi connectivity index (χ0v) is 11.4. The molecule has 1 heterocycles. The van der Waals surface area contributed by atoms with Gasteiger partial charge in [0.15, 0.2) is 5.13 Å². The van der Waals surface area contributed by atoms with E-state index in [2.05, 4.69) is 10.3 Å². The van der Waals surface area contributed by atoms with E-state index in [9.17, 15) is 9.59 Å². The number of hydrogen-bond donors (Lipinski definition) is 2. The molecule has 0 aromatic carbocycles. The summed E-state index contributed by atoms with van der Waals surface area (Å²) in [6.45, 7) is 5.15. The van der Waals surface area contributed by atoms with E-state index in [4.69, 9.17) is 5.73 Å². The van der Waals surface area contributed by atoms with E-state index in [1.54, 1.807) is 4.90 Å². The Morgan fingerprint density at radius 3 is 2.83 bits per heavy atom. The maximum atomic E-state index is 11.3. The highest BCUT2D eigenvalue weighted by molar-refractivity contribution is 7.14. The van der Waals surface area contributed by atoms with Gasteiger partial charge < -0.3 is 11.1 Å². The number of carbonyl (C=O) groups excluding carboxylic acids is 2. The lowest BCUT2D eigenvalue weighted by Crippen LogP contribution is -2.27. The van der Waals surface area contributed by atoms with Crippen LogP contribution in [0.1, 0.15) is 26.0 Å². The molecule has 0 radical (unpaired) electrons. The van der Waals surface area contributed by atoms with Crippen molar-refractivity contribution in [3.05, 3.63) is 11.1 Å². The normalized spacial score (nSPS) is 10.3. The summed E-state index contributed by atoms with van der Waals surface area (Å²) in [5.74, 6) is -0.338. The van der Waals surface area contributed by atoms with Gasteiger partial charge in [-0.25, -0.2) is 4.98 Å². The third-order valence-corrected chi connectivity index (χ3v) is 3.23. The SMILES string of the molecule is CCN(C(C)=O)c1nc(CNCCC(N)=O)cs1. The molecule has 0 aliphatic rings. The van der Waals surface area contributed by atoms with Crippen LogP contribution >= 0.6 is 11.3 Å². The monoisotopic (exact) mass is 270 g/mol. The van der Waals surface area contributed by atoms with Gasteiger partial charge in [-0.15, -0.1) is 11.3 Å². The Morgan fingerprint density at radius 2 is 2.28 bits per heavy atom. The van der Waals surface area contributed by atoms with E-state index in [-0.39, 0.29) is 11.8 Å². The van der Waals surface area contributed by atoms with Crippen molar-refractivity contribution in [2.45, 2.75) is 26.8 Å². The molecule has 0 aliphatic carbocycles. The fourth-order valence-corrected chi connectivity index (χ4v) is 2.35. The maximum Gasteiger partial charge on any atom is 0.225 e. The van der Waals surface area contributed by atoms with Gasteiger partial charge in [0, 0.05) is 38.4 Å². The van der Waals surface area contributed by atoms with E-state index in [0.29, 0.717) is 31.2 Å². The minimum absolute atomic E-state index is 0.0138. The molecular formula is C11H18N4O2S. The second-order valence-corrected chi connectivity index (χ2v) is 4.61. The number of nitrogens with one attached hydrogen (secondary N) is 1. The number of primary amides is 1. The van der Waals surface area contributed by atoms with Gasteiger partial charge in [0.1, 0.15) is 0 Å². The molecule has 0 bridgehead atoms. The van der Waals surface area contributed by atoms with Crippen molar-refractivity contribution in [1.82, 2.24) is 10.3 Å². The number of amides is 2. The average molecular weight is 270 g/mol.